The Bertz CT molecular complexity index is 556. The molecule has 0 aromatic heterocycles. The zero-order valence-corrected chi connectivity index (χ0v) is 11.9. The van der Waals surface area contributed by atoms with Crippen molar-refractivity contribution in [1.29, 1.82) is 0 Å². The van der Waals surface area contributed by atoms with E-state index in [-0.39, 0.29) is 4.90 Å². The molecule has 1 atom stereocenters. The summed E-state index contributed by atoms with van der Waals surface area (Å²) in [7, 11) is -3.64. The molecule has 0 bridgehead atoms. The van der Waals surface area contributed by atoms with Gasteiger partial charge in [-0.15, -0.1) is 0 Å². The predicted octanol–water partition coefficient (Wildman–Crippen LogP) is 1.09. The minimum atomic E-state index is -3.64. The van der Waals surface area contributed by atoms with Gasteiger partial charge < -0.3 is 5.73 Å². The van der Waals surface area contributed by atoms with Gasteiger partial charge in [0.05, 0.1) is 4.90 Å². The van der Waals surface area contributed by atoms with Crippen molar-refractivity contribution in [2.24, 2.45) is 5.73 Å². The molecule has 2 N–H and O–H groups in total. The van der Waals surface area contributed by atoms with Gasteiger partial charge in [-0.1, -0.05) is 15.9 Å². The number of halogens is 1. The number of carbonyl (C=O) groups excluding carboxylic acids is 1. The molecule has 1 aliphatic heterocycles. The molecule has 0 radical (unpaired) electrons. The molecule has 0 saturated carbocycles. The summed E-state index contributed by atoms with van der Waals surface area (Å²) in [6.45, 7) is 0.339. The number of carbonyl (C=O) groups is 1. The largest absolute Gasteiger partial charge is 0.368 e. The first-order valence-corrected chi connectivity index (χ1v) is 7.73. The topological polar surface area (TPSA) is 80.5 Å². The first-order valence-electron chi connectivity index (χ1n) is 5.49. The van der Waals surface area contributed by atoms with Crippen molar-refractivity contribution in [2.45, 2.75) is 23.8 Å². The van der Waals surface area contributed by atoms with E-state index in [4.69, 9.17) is 5.73 Å². The summed E-state index contributed by atoms with van der Waals surface area (Å²) >= 11 is 3.25. The van der Waals surface area contributed by atoms with Crippen molar-refractivity contribution in [3.63, 3.8) is 0 Å². The highest BCUT2D eigenvalue weighted by atomic mass is 79.9. The van der Waals surface area contributed by atoms with Gasteiger partial charge in [0, 0.05) is 11.0 Å². The summed E-state index contributed by atoms with van der Waals surface area (Å²) < 4.78 is 26.7. The van der Waals surface area contributed by atoms with Gasteiger partial charge in [-0.2, -0.15) is 4.31 Å². The monoisotopic (exact) mass is 332 g/mol. The Morgan fingerprint density at radius 3 is 2.50 bits per heavy atom. The first kappa shape index (κ1) is 13.5. The average Bonchev–Trinajstić information content (AvgIpc) is 2.79. The molecule has 5 nitrogen and oxygen atoms in total. The predicted molar refractivity (Wildman–Crippen MR) is 70.3 cm³/mol. The van der Waals surface area contributed by atoms with Crippen LogP contribution in [0.5, 0.6) is 0 Å². The molecule has 1 saturated heterocycles. The second-order valence-electron chi connectivity index (χ2n) is 4.13. The van der Waals surface area contributed by atoms with Crippen molar-refractivity contribution >= 4 is 31.9 Å². The quantitative estimate of drug-likeness (QED) is 0.899. The molecule has 1 amide bonds. The molecule has 1 aromatic rings. The van der Waals surface area contributed by atoms with E-state index < -0.39 is 22.0 Å². The van der Waals surface area contributed by atoms with Gasteiger partial charge in [0.25, 0.3) is 0 Å². The highest BCUT2D eigenvalue weighted by Crippen LogP contribution is 2.26. The maximum atomic E-state index is 12.4. The Morgan fingerprint density at radius 1 is 1.33 bits per heavy atom. The van der Waals surface area contributed by atoms with Gasteiger partial charge in [-0.3, -0.25) is 4.79 Å². The number of primary amides is 1. The van der Waals surface area contributed by atoms with Crippen molar-refractivity contribution < 1.29 is 13.2 Å². The molecular formula is C11H13BrN2O3S. The molecule has 0 spiro atoms. The fourth-order valence-corrected chi connectivity index (χ4v) is 3.98. The van der Waals surface area contributed by atoms with Crippen LogP contribution in [0.4, 0.5) is 0 Å². The number of amides is 1. The molecule has 1 unspecified atom stereocenters. The maximum Gasteiger partial charge on any atom is 0.243 e. The number of sulfonamides is 1. The zero-order chi connectivity index (χ0) is 13.3. The number of hydrogen-bond donors (Lipinski definition) is 1. The fraction of sp³-hybridized carbons (Fsp3) is 0.364. The van der Waals surface area contributed by atoms with Crippen LogP contribution in [-0.2, 0) is 14.8 Å². The van der Waals surface area contributed by atoms with E-state index in [1.807, 2.05) is 0 Å². The van der Waals surface area contributed by atoms with Gasteiger partial charge in [0.15, 0.2) is 0 Å². The summed E-state index contributed by atoms with van der Waals surface area (Å²) in [6.07, 6.45) is 1.15. The van der Waals surface area contributed by atoms with Crippen molar-refractivity contribution in [1.82, 2.24) is 4.31 Å². The number of nitrogens with zero attached hydrogens (tertiary/aromatic N) is 1. The van der Waals surface area contributed by atoms with Gasteiger partial charge in [-0.25, -0.2) is 8.42 Å². The van der Waals surface area contributed by atoms with Crippen LogP contribution >= 0.6 is 15.9 Å². The van der Waals surface area contributed by atoms with Crippen molar-refractivity contribution in [3.8, 4) is 0 Å². The molecule has 1 aliphatic rings. The van der Waals surface area contributed by atoms with E-state index in [0.717, 1.165) is 4.47 Å². The molecule has 1 heterocycles. The summed E-state index contributed by atoms with van der Waals surface area (Å²) in [5, 5.41) is 0. The van der Waals surface area contributed by atoms with E-state index >= 15 is 0 Å². The Hall–Kier alpha value is -0.920. The molecule has 1 fully saturated rings. The van der Waals surface area contributed by atoms with Crippen molar-refractivity contribution in [3.05, 3.63) is 28.7 Å². The van der Waals surface area contributed by atoms with Crippen LogP contribution < -0.4 is 5.73 Å². The van der Waals surface area contributed by atoms with Gasteiger partial charge in [0.2, 0.25) is 15.9 Å². The fourth-order valence-electron chi connectivity index (χ4n) is 2.05. The van der Waals surface area contributed by atoms with Crippen molar-refractivity contribution in [2.75, 3.05) is 6.54 Å². The standard InChI is InChI=1S/C11H13BrN2O3S/c12-8-3-5-9(6-4-8)18(16,17)14-7-1-2-10(14)11(13)15/h3-6,10H,1-2,7H2,(H2,13,15). The minimum absolute atomic E-state index is 0.179. The van der Waals surface area contributed by atoms with Gasteiger partial charge in [0.1, 0.15) is 6.04 Å². The van der Waals surface area contributed by atoms with Gasteiger partial charge >= 0.3 is 0 Å². The van der Waals surface area contributed by atoms with Crippen LogP contribution in [-0.4, -0.2) is 31.2 Å². The Morgan fingerprint density at radius 2 is 1.94 bits per heavy atom. The Balaban J connectivity index is 2.36. The minimum Gasteiger partial charge on any atom is -0.368 e. The maximum absolute atomic E-state index is 12.4. The molecule has 18 heavy (non-hydrogen) atoms. The molecule has 0 aliphatic carbocycles. The second-order valence-corrected chi connectivity index (χ2v) is 6.94. The number of benzene rings is 1. The Kier molecular flexibility index (Phi) is 3.74. The summed E-state index contributed by atoms with van der Waals surface area (Å²) in [6, 6.07) is 5.61. The van der Waals surface area contributed by atoms with Crippen LogP contribution in [0, 0.1) is 0 Å². The molecule has 2 rings (SSSR count). The van der Waals surface area contributed by atoms with Crippen LogP contribution in [0.25, 0.3) is 0 Å². The van der Waals surface area contributed by atoms with Crippen LogP contribution in [0.1, 0.15) is 12.8 Å². The lowest BCUT2D eigenvalue weighted by atomic mass is 10.2. The highest BCUT2D eigenvalue weighted by molar-refractivity contribution is 9.10. The summed E-state index contributed by atoms with van der Waals surface area (Å²) in [4.78, 5) is 11.4. The van der Waals surface area contributed by atoms with Crippen LogP contribution in [0.2, 0.25) is 0 Å². The van der Waals surface area contributed by atoms with Crippen LogP contribution in [0.3, 0.4) is 0 Å². The average molecular weight is 333 g/mol. The lowest BCUT2D eigenvalue weighted by Crippen LogP contribution is -2.43. The summed E-state index contributed by atoms with van der Waals surface area (Å²) in [5.74, 6) is -0.590. The normalized spacial score (nSPS) is 21.1. The first-order chi connectivity index (χ1) is 8.43. The molecule has 1 aromatic carbocycles. The lowest BCUT2D eigenvalue weighted by Gasteiger charge is -2.21. The Labute approximate surface area is 114 Å². The molecule has 7 heteroatoms. The van der Waals surface area contributed by atoms with E-state index in [1.165, 1.54) is 16.4 Å². The molecule has 98 valence electrons. The third-order valence-electron chi connectivity index (χ3n) is 2.95. The number of nitrogens with two attached hydrogens (primary N) is 1. The SMILES string of the molecule is NC(=O)C1CCCN1S(=O)(=O)c1ccc(Br)cc1. The third kappa shape index (κ3) is 2.43. The zero-order valence-electron chi connectivity index (χ0n) is 9.54. The second kappa shape index (κ2) is 4.99. The number of rotatable bonds is 3. The highest BCUT2D eigenvalue weighted by Gasteiger charge is 2.38. The van der Waals surface area contributed by atoms with Crippen LogP contribution in [0.15, 0.2) is 33.6 Å². The number of hydrogen-bond acceptors (Lipinski definition) is 3. The summed E-state index contributed by atoms with van der Waals surface area (Å²) in [5.41, 5.74) is 5.23. The third-order valence-corrected chi connectivity index (χ3v) is 5.40. The van der Waals surface area contributed by atoms with E-state index in [1.54, 1.807) is 12.1 Å². The van der Waals surface area contributed by atoms with Gasteiger partial charge in [-0.05, 0) is 37.1 Å². The van der Waals surface area contributed by atoms with E-state index in [2.05, 4.69) is 15.9 Å². The smallest absolute Gasteiger partial charge is 0.243 e. The lowest BCUT2D eigenvalue weighted by molar-refractivity contribution is -0.121. The molecular weight excluding hydrogens is 320 g/mol. The van der Waals surface area contributed by atoms with E-state index in [0.29, 0.717) is 19.4 Å². The van der Waals surface area contributed by atoms with E-state index in [9.17, 15) is 13.2 Å².